The molecule has 176 valence electrons. The molecule has 0 atom stereocenters. The fourth-order valence-electron chi connectivity index (χ4n) is 2.97. The zero-order valence-corrected chi connectivity index (χ0v) is 19.8. The summed E-state index contributed by atoms with van der Waals surface area (Å²) >= 11 is 0. The maximum absolute atomic E-state index is 12.7. The molecule has 0 radical (unpaired) electrons. The minimum atomic E-state index is -0.542. The highest BCUT2D eigenvalue weighted by atomic mass is 16.5. The van der Waals surface area contributed by atoms with Gasteiger partial charge in [-0.15, -0.1) is 0 Å². The highest BCUT2D eigenvalue weighted by molar-refractivity contribution is 6.07. The summed E-state index contributed by atoms with van der Waals surface area (Å²) in [6.45, 7) is 7.95. The van der Waals surface area contributed by atoms with Crippen molar-refractivity contribution in [1.82, 2.24) is 0 Å². The lowest BCUT2D eigenvalue weighted by Gasteiger charge is -2.18. The Morgan fingerprint density at radius 1 is 0.706 bits per heavy atom. The SMILES string of the molecule is CCOc1ccc(NC(=O)c2ccc(NC(=O)c3cccc(NC(=O)C(C)(C)C)c3)cc2)cc1. The van der Waals surface area contributed by atoms with Gasteiger partial charge in [-0.3, -0.25) is 14.4 Å². The molecule has 0 saturated carbocycles. The Kier molecular flexibility index (Phi) is 7.68. The van der Waals surface area contributed by atoms with Crippen LogP contribution in [-0.4, -0.2) is 24.3 Å². The first-order chi connectivity index (χ1) is 16.2. The lowest BCUT2D eigenvalue weighted by Crippen LogP contribution is -2.27. The van der Waals surface area contributed by atoms with E-state index < -0.39 is 5.41 Å². The minimum Gasteiger partial charge on any atom is -0.494 e. The number of hydrogen-bond donors (Lipinski definition) is 3. The molecular weight excluding hydrogens is 430 g/mol. The summed E-state index contributed by atoms with van der Waals surface area (Å²) in [5.74, 6) is 0.0228. The number of nitrogens with one attached hydrogen (secondary N) is 3. The van der Waals surface area contributed by atoms with E-state index in [4.69, 9.17) is 4.74 Å². The number of rotatable bonds is 7. The zero-order valence-electron chi connectivity index (χ0n) is 19.8. The first-order valence-corrected chi connectivity index (χ1v) is 11.0. The monoisotopic (exact) mass is 459 g/mol. The van der Waals surface area contributed by atoms with Crippen LogP contribution in [0.2, 0.25) is 0 Å². The van der Waals surface area contributed by atoms with Gasteiger partial charge in [-0.25, -0.2) is 0 Å². The van der Waals surface area contributed by atoms with Crippen LogP contribution in [0.1, 0.15) is 48.4 Å². The fraction of sp³-hybridized carbons (Fsp3) is 0.222. The van der Waals surface area contributed by atoms with Crippen molar-refractivity contribution in [3.8, 4) is 5.75 Å². The van der Waals surface area contributed by atoms with Gasteiger partial charge in [-0.1, -0.05) is 26.8 Å². The maximum Gasteiger partial charge on any atom is 0.255 e. The van der Waals surface area contributed by atoms with E-state index >= 15 is 0 Å². The third-order valence-electron chi connectivity index (χ3n) is 4.89. The maximum atomic E-state index is 12.7. The molecule has 0 fully saturated rings. The number of carbonyl (C=O) groups is 3. The van der Waals surface area contributed by atoms with Crippen molar-refractivity contribution < 1.29 is 19.1 Å². The van der Waals surface area contributed by atoms with Gasteiger partial charge in [0.25, 0.3) is 11.8 Å². The van der Waals surface area contributed by atoms with Crippen LogP contribution in [0.5, 0.6) is 5.75 Å². The summed E-state index contributed by atoms with van der Waals surface area (Å²) in [6.07, 6.45) is 0. The normalized spacial score (nSPS) is 10.8. The number of benzene rings is 3. The summed E-state index contributed by atoms with van der Waals surface area (Å²) in [5, 5.41) is 8.46. The number of amides is 3. The van der Waals surface area contributed by atoms with Crippen molar-refractivity contribution in [2.45, 2.75) is 27.7 Å². The van der Waals surface area contributed by atoms with Gasteiger partial charge < -0.3 is 20.7 Å². The molecule has 0 unspecified atom stereocenters. The first-order valence-electron chi connectivity index (χ1n) is 11.0. The summed E-state index contributed by atoms with van der Waals surface area (Å²) in [5.41, 5.74) is 2.08. The van der Waals surface area contributed by atoms with Crippen molar-refractivity contribution in [2.75, 3.05) is 22.6 Å². The quantitative estimate of drug-likeness (QED) is 0.430. The summed E-state index contributed by atoms with van der Waals surface area (Å²) < 4.78 is 5.40. The molecule has 0 saturated heterocycles. The van der Waals surface area contributed by atoms with Gasteiger partial charge in [0.1, 0.15) is 5.75 Å². The Bertz CT molecular complexity index is 1160. The van der Waals surface area contributed by atoms with Crippen LogP contribution in [0.25, 0.3) is 0 Å². The second-order valence-corrected chi connectivity index (χ2v) is 8.73. The van der Waals surface area contributed by atoms with Gasteiger partial charge in [0, 0.05) is 33.6 Å². The Morgan fingerprint density at radius 3 is 1.82 bits per heavy atom. The first kappa shape index (κ1) is 24.5. The fourth-order valence-corrected chi connectivity index (χ4v) is 2.97. The van der Waals surface area contributed by atoms with Crippen LogP contribution in [-0.2, 0) is 4.79 Å². The molecule has 0 aliphatic carbocycles. The second kappa shape index (κ2) is 10.7. The molecule has 3 aromatic rings. The van der Waals surface area contributed by atoms with Crippen molar-refractivity contribution in [2.24, 2.45) is 5.41 Å². The van der Waals surface area contributed by atoms with Crippen LogP contribution in [0.4, 0.5) is 17.1 Å². The second-order valence-electron chi connectivity index (χ2n) is 8.73. The standard InChI is InChI=1S/C27H29N3O4/c1-5-34-23-15-13-21(14-16-23)28-24(31)18-9-11-20(12-10-18)29-25(32)19-7-6-8-22(17-19)30-26(33)27(2,3)4/h6-17H,5H2,1-4H3,(H,28,31)(H,29,32)(H,30,33). The molecule has 0 aliphatic rings. The Hall–Kier alpha value is -4.13. The molecule has 7 heteroatoms. The molecule has 0 bridgehead atoms. The van der Waals surface area contributed by atoms with Crippen molar-refractivity contribution in [1.29, 1.82) is 0 Å². The van der Waals surface area contributed by atoms with E-state index in [1.807, 2.05) is 27.7 Å². The van der Waals surface area contributed by atoms with E-state index in [0.29, 0.717) is 34.8 Å². The van der Waals surface area contributed by atoms with E-state index in [2.05, 4.69) is 16.0 Å². The summed E-state index contributed by atoms with van der Waals surface area (Å²) in [7, 11) is 0. The van der Waals surface area contributed by atoms with E-state index in [0.717, 1.165) is 5.75 Å². The molecule has 34 heavy (non-hydrogen) atoms. The van der Waals surface area contributed by atoms with Crippen LogP contribution < -0.4 is 20.7 Å². The van der Waals surface area contributed by atoms with Crippen LogP contribution >= 0.6 is 0 Å². The molecule has 3 aromatic carbocycles. The number of anilines is 3. The van der Waals surface area contributed by atoms with E-state index in [1.165, 1.54) is 0 Å². The van der Waals surface area contributed by atoms with Crippen molar-refractivity contribution in [3.63, 3.8) is 0 Å². The lowest BCUT2D eigenvalue weighted by molar-refractivity contribution is -0.123. The van der Waals surface area contributed by atoms with E-state index in [9.17, 15) is 14.4 Å². The van der Waals surface area contributed by atoms with Gasteiger partial charge >= 0.3 is 0 Å². The van der Waals surface area contributed by atoms with Gasteiger partial charge in [0.2, 0.25) is 5.91 Å². The van der Waals surface area contributed by atoms with Gasteiger partial charge in [0.05, 0.1) is 6.61 Å². The van der Waals surface area contributed by atoms with Crippen LogP contribution in [0.15, 0.2) is 72.8 Å². The highest BCUT2D eigenvalue weighted by Gasteiger charge is 2.21. The third-order valence-corrected chi connectivity index (χ3v) is 4.89. The third kappa shape index (κ3) is 6.68. The average molecular weight is 460 g/mol. The number of carbonyl (C=O) groups excluding carboxylic acids is 3. The van der Waals surface area contributed by atoms with Crippen LogP contribution in [0, 0.1) is 5.41 Å². The zero-order chi connectivity index (χ0) is 24.7. The van der Waals surface area contributed by atoms with Gasteiger partial charge in [-0.2, -0.15) is 0 Å². The number of ether oxygens (including phenoxy) is 1. The van der Waals surface area contributed by atoms with Gasteiger partial charge in [-0.05, 0) is 73.7 Å². The summed E-state index contributed by atoms with van der Waals surface area (Å²) in [6, 6.07) is 20.5. The lowest BCUT2D eigenvalue weighted by atomic mass is 9.95. The Balaban J connectivity index is 1.61. The average Bonchev–Trinajstić information content (AvgIpc) is 2.80. The molecule has 0 heterocycles. The minimum absolute atomic E-state index is 0.135. The highest BCUT2D eigenvalue weighted by Crippen LogP contribution is 2.20. The smallest absolute Gasteiger partial charge is 0.255 e. The van der Waals surface area contributed by atoms with Crippen molar-refractivity contribution >= 4 is 34.8 Å². The molecule has 3 rings (SSSR count). The van der Waals surface area contributed by atoms with Crippen molar-refractivity contribution in [3.05, 3.63) is 83.9 Å². The predicted molar refractivity (Wildman–Crippen MR) is 134 cm³/mol. The molecule has 3 amide bonds. The molecule has 7 nitrogen and oxygen atoms in total. The van der Waals surface area contributed by atoms with Crippen LogP contribution in [0.3, 0.4) is 0 Å². The largest absolute Gasteiger partial charge is 0.494 e. The van der Waals surface area contributed by atoms with E-state index in [-0.39, 0.29) is 17.7 Å². The Labute approximate surface area is 199 Å². The molecule has 0 aromatic heterocycles. The molecular formula is C27H29N3O4. The molecule has 0 spiro atoms. The van der Waals surface area contributed by atoms with Gasteiger partial charge in [0.15, 0.2) is 0 Å². The summed E-state index contributed by atoms with van der Waals surface area (Å²) in [4.78, 5) is 37.4. The molecule has 0 aliphatic heterocycles. The molecule has 3 N–H and O–H groups in total. The number of hydrogen-bond acceptors (Lipinski definition) is 4. The Morgan fingerprint density at radius 2 is 1.26 bits per heavy atom. The topological polar surface area (TPSA) is 96.5 Å². The van der Waals surface area contributed by atoms with E-state index in [1.54, 1.807) is 72.8 Å². The predicted octanol–water partition coefficient (Wildman–Crippen LogP) is 5.57.